The highest BCUT2D eigenvalue weighted by atomic mass is 35.5. The van der Waals surface area contributed by atoms with Crippen molar-refractivity contribution in [2.45, 2.75) is 17.2 Å². The quantitative estimate of drug-likeness (QED) is 0.763. The first-order valence-corrected chi connectivity index (χ1v) is 8.78. The van der Waals surface area contributed by atoms with E-state index < -0.39 is 20.7 Å². The molecule has 1 aliphatic heterocycles. The van der Waals surface area contributed by atoms with Crippen LogP contribution in [-0.4, -0.2) is 39.5 Å². The molecule has 118 valence electrons. The van der Waals surface area contributed by atoms with Gasteiger partial charge >= 0.3 is 0 Å². The van der Waals surface area contributed by atoms with Crippen LogP contribution in [0.4, 0.5) is 4.39 Å². The summed E-state index contributed by atoms with van der Waals surface area (Å²) in [7, 11) is -2.35. The zero-order chi connectivity index (χ0) is 15.6. The third-order valence-electron chi connectivity index (χ3n) is 3.49. The largest absolute Gasteiger partial charge is 0.384 e. The lowest BCUT2D eigenvalue weighted by Crippen LogP contribution is -2.30. The van der Waals surface area contributed by atoms with E-state index in [1.54, 1.807) is 7.11 Å². The summed E-state index contributed by atoms with van der Waals surface area (Å²) in [5.74, 6) is -0.842. The second-order valence-corrected chi connectivity index (χ2v) is 7.59. The van der Waals surface area contributed by atoms with Gasteiger partial charge in [0.25, 0.3) is 0 Å². The average Bonchev–Trinajstić information content (AvgIpc) is 2.90. The lowest BCUT2D eigenvalue weighted by atomic mass is 10.1. The van der Waals surface area contributed by atoms with Gasteiger partial charge < -0.3 is 4.74 Å². The molecule has 0 saturated carbocycles. The Balaban J connectivity index is 2.35. The van der Waals surface area contributed by atoms with Gasteiger partial charge in [-0.2, -0.15) is 4.31 Å². The van der Waals surface area contributed by atoms with Crippen molar-refractivity contribution in [3.8, 4) is 0 Å². The summed E-state index contributed by atoms with van der Waals surface area (Å²) in [4.78, 5) is -0.413. The molecule has 0 spiro atoms. The number of ether oxygens (including phenoxy) is 1. The first-order chi connectivity index (χ1) is 9.90. The van der Waals surface area contributed by atoms with Gasteiger partial charge in [-0.05, 0) is 24.5 Å². The standard InChI is InChI=1S/C13H16Cl2FNO3S/c1-20-8-9-2-3-17(7-9)21(18,19)12-5-11(15)4-10(6-14)13(12)16/h4-5,9H,2-3,6-8H2,1H3. The van der Waals surface area contributed by atoms with E-state index in [2.05, 4.69) is 0 Å². The molecule has 8 heteroatoms. The lowest BCUT2D eigenvalue weighted by Gasteiger charge is -2.18. The molecule has 1 aromatic rings. The summed E-state index contributed by atoms with van der Waals surface area (Å²) in [5, 5.41) is 0.151. The Labute approximate surface area is 133 Å². The monoisotopic (exact) mass is 355 g/mol. The molecule has 0 amide bonds. The zero-order valence-electron chi connectivity index (χ0n) is 11.5. The first-order valence-electron chi connectivity index (χ1n) is 6.43. The Kier molecular flexibility index (Phi) is 5.48. The number of nitrogens with zero attached hydrogens (tertiary/aromatic N) is 1. The fourth-order valence-corrected chi connectivity index (χ4v) is 4.59. The minimum atomic E-state index is -3.92. The molecule has 0 N–H and O–H groups in total. The molecule has 0 aliphatic carbocycles. The third kappa shape index (κ3) is 3.51. The first kappa shape index (κ1) is 17.0. The van der Waals surface area contributed by atoms with Crippen LogP contribution in [0.1, 0.15) is 12.0 Å². The predicted molar refractivity (Wildman–Crippen MR) is 79.7 cm³/mol. The maximum Gasteiger partial charge on any atom is 0.246 e. The summed E-state index contributed by atoms with van der Waals surface area (Å²) >= 11 is 11.5. The molecule has 0 bridgehead atoms. The van der Waals surface area contributed by atoms with Gasteiger partial charge in [-0.15, -0.1) is 11.6 Å². The second-order valence-electron chi connectivity index (χ2n) is 4.98. The van der Waals surface area contributed by atoms with E-state index >= 15 is 0 Å². The molecule has 0 radical (unpaired) electrons. The smallest absolute Gasteiger partial charge is 0.246 e. The van der Waals surface area contributed by atoms with Crippen molar-refractivity contribution in [2.75, 3.05) is 26.8 Å². The van der Waals surface area contributed by atoms with Gasteiger partial charge in [-0.3, -0.25) is 0 Å². The number of benzene rings is 1. The van der Waals surface area contributed by atoms with Gasteiger partial charge in [-0.25, -0.2) is 12.8 Å². The third-order valence-corrected chi connectivity index (χ3v) is 5.86. The number of alkyl halides is 1. The SMILES string of the molecule is COCC1CCN(S(=O)(=O)c2cc(Cl)cc(CCl)c2F)C1. The molecule has 2 rings (SSSR count). The van der Waals surface area contributed by atoms with E-state index in [0.717, 1.165) is 6.07 Å². The molecule has 1 unspecified atom stereocenters. The molecule has 4 nitrogen and oxygen atoms in total. The molecule has 1 heterocycles. The highest BCUT2D eigenvalue weighted by Crippen LogP contribution is 2.30. The van der Waals surface area contributed by atoms with Crippen molar-refractivity contribution in [3.63, 3.8) is 0 Å². The number of hydrogen-bond donors (Lipinski definition) is 0. The van der Waals surface area contributed by atoms with Crippen molar-refractivity contribution >= 4 is 33.2 Å². The van der Waals surface area contributed by atoms with Crippen LogP contribution in [0.25, 0.3) is 0 Å². The summed E-state index contributed by atoms with van der Waals surface area (Å²) < 4.78 is 45.7. The maximum atomic E-state index is 14.3. The van der Waals surface area contributed by atoms with E-state index in [1.807, 2.05) is 0 Å². The molecular weight excluding hydrogens is 340 g/mol. The summed E-state index contributed by atoms with van der Waals surface area (Å²) in [5.41, 5.74) is 0.0791. The van der Waals surface area contributed by atoms with E-state index in [4.69, 9.17) is 27.9 Å². The van der Waals surface area contributed by atoms with Crippen molar-refractivity contribution in [2.24, 2.45) is 5.92 Å². The van der Waals surface area contributed by atoms with E-state index in [1.165, 1.54) is 10.4 Å². The van der Waals surface area contributed by atoms with Crippen LogP contribution in [-0.2, 0) is 20.6 Å². The van der Waals surface area contributed by atoms with Crippen LogP contribution >= 0.6 is 23.2 Å². The number of methoxy groups -OCH3 is 1. The van der Waals surface area contributed by atoms with Gasteiger partial charge in [0.05, 0.1) is 12.5 Å². The van der Waals surface area contributed by atoms with E-state index in [9.17, 15) is 12.8 Å². The molecule has 1 saturated heterocycles. The minimum Gasteiger partial charge on any atom is -0.384 e. The Morgan fingerprint density at radius 3 is 2.81 bits per heavy atom. The van der Waals surface area contributed by atoms with Crippen LogP contribution in [0, 0.1) is 11.7 Å². The fraction of sp³-hybridized carbons (Fsp3) is 0.538. The van der Waals surface area contributed by atoms with Crippen LogP contribution < -0.4 is 0 Å². The topological polar surface area (TPSA) is 46.6 Å². The summed E-state index contributed by atoms with van der Waals surface area (Å²) in [6.45, 7) is 1.15. The van der Waals surface area contributed by atoms with Crippen molar-refractivity contribution in [1.82, 2.24) is 4.31 Å². The Hall–Kier alpha value is -0.400. The Morgan fingerprint density at radius 1 is 1.48 bits per heavy atom. The number of rotatable bonds is 5. The van der Waals surface area contributed by atoms with Crippen LogP contribution in [0.15, 0.2) is 17.0 Å². The van der Waals surface area contributed by atoms with Gasteiger partial charge in [0, 0.05) is 30.8 Å². The second kappa shape index (κ2) is 6.79. The van der Waals surface area contributed by atoms with Crippen molar-refractivity contribution in [1.29, 1.82) is 0 Å². The fourth-order valence-electron chi connectivity index (χ4n) is 2.43. The number of hydrogen-bond acceptors (Lipinski definition) is 3. The molecule has 1 aliphatic rings. The maximum absolute atomic E-state index is 14.3. The summed E-state index contributed by atoms with van der Waals surface area (Å²) in [6, 6.07) is 2.46. The van der Waals surface area contributed by atoms with E-state index in [-0.39, 0.29) is 22.4 Å². The van der Waals surface area contributed by atoms with Gasteiger partial charge in [0.1, 0.15) is 10.7 Å². The van der Waals surface area contributed by atoms with Crippen LogP contribution in [0.2, 0.25) is 5.02 Å². The van der Waals surface area contributed by atoms with Gasteiger partial charge in [0.15, 0.2) is 0 Å². The minimum absolute atomic E-state index is 0.0791. The molecule has 1 atom stereocenters. The Morgan fingerprint density at radius 2 is 2.19 bits per heavy atom. The molecule has 0 aromatic heterocycles. The molecule has 1 fully saturated rings. The molecular formula is C13H16Cl2FNO3S. The average molecular weight is 356 g/mol. The van der Waals surface area contributed by atoms with Crippen molar-refractivity contribution in [3.05, 3.63) is 28.5 Å². The number of sulfonamides is 1. The lowest BCUT2D eigenvalue weighted by molar-refractivity contribution is 0.157. The van der Waals surface area contributed by atoms with Crippen molar-refractivity contribution < 1.29 is 17.5 Å². The van der Waals surface area contributed by atoms with E-state index in [0.29, 0.717) is 26.1 Å². The Bertz CT molecular complexity index is 624. The number of halogens is 3. The predicted octanol–water partition coefficient (Wildman–Crippen LogP) is 2.87. The zero-order valence-corrected chi connectivity index (χ0v) is 13.8. The highest BCUT2D eigenvalue weighted by Gasteiger charge is 2.34. The van der Waals surface area contributed by atoms with Crippen LogP contribution in [0.3, 0.4) is 0 Å². The highest BCUT2D eigenvalue weighted by molar-refractivity contribution is 7.89. The normalized spacial score (nSPS) is 20.1. The van der Waals surface area contributed by atoms with Gasteiger partial charge in [-0.1, -0.05) is 11.6 Å². The van der Waals surface area contributed by atoms with Gasteiger partial charge in [0.2, 0.25) is 10.0 Å². The van der Waals surface area contributed by atoms with Crippen LogP contribution in [0.5, 0.6) is 0 Å². The molecule has 21 heavy (non-hydrogen) atoms. The summed E-state index contributed by atoms with van der Waals surface area (Å²) in [6.07, 6.45) is 0.692. The molecule has 1 aromatic carbocycles.